The molecule has 1 aliphatic heterocycles. The molecule has 2 aromatic rings. The van der Waals surface area contributed by atoms with E-state index in [9.17, 15) is 0 Å². The first-order valence-corrected chi connectivity index (χ1v) is 9.04. The molecule has 1 aliphatic rings. The summed E-state index contributed by atoms with van der Waals surface area (Å²) in [5.41, 5.74) is 2.35. The van der Waals surface area contributed by atoms with Crippen LogP contribution < -0.4 is 10.6 Å². The van der Waals surface area contributed by atoms with Crippen molar-refractivity contribution in [2.75, 3.05) is 19.3 Å². The zero-order valence-electron chi connectivity index (χ0n) is 13.4. The number of aliphatic imine (C=N–C) groups is 1. The van der Waals surface area contributed by atoms with Crippen molar-refractivity contribution >= 4 is 17.7 Å². The van der Waals surface area contributed by atoms with E-state index in [1.165, 1.54) is 24.2 Å². The van der Waals surface area contributed by atoms with Gasteiger partial charge in [-0.05, 0) is 30.2 Å². The van der Waals surface area contributed by atoms with Gasteiger partial charge >= 0.3 is 0 Å². The number of nitrogens with one attached hydrogen (secondary N) is 2. The molecule has 23 heavy (non-hydrogen) atoms. The molecule has 0 bridgehead atoms. The van der Waals surface area contributed by atoms with E-state index in [0.717, 1.165) is 24.7 Å². The molecule has 6 heteroatoms. The minimum Gasteiger partial charge on any atom is -0.355 e. The van der Waals surface area contributed by atoms with Crippen molar-refractivity contribution in [1.29, 1.82) is 0 Å². The number of benzene rings is 1. The van der Waals surface area contributed by atoms with Crippen molar-refractivity contribution in [2.24, 2.45) is 4.99 Å². The smallest absolute Gasteiger partial charge is 0.191 e. The lowest BCUT2D eigenvalue weighted by Crippen LogP contribution is -2.39. The molecular weight excluding hydrogens is 306 g/mol. The van der Waals surface area contributed by atoms with E-state index in [4.69, 9.17) is 0 Å². The van der Waals surface area contributed by atoms with Crippen LogP contribution in [0.5, 0.6) is 0 Å². The van der Waals surface area contributed by atoms with E-state index in [2.05, 4.69) is 50.6 Å². The summed E-state index contributed by atoms with van der Waals surface area (Å²) in [4.78, 5) is 8.45. The molecule has 122 valence electrons. The van der Waals surface area contributed by atoms with Crippen molar-refractivity contribution in [1.82, 2.24) is 20.2 Å². The maximum atomic E-state index is 4.32. The van der Waals surface area contributed by atoms with E-state index in [0.29, 0.717) is 5.25 Å². The molecule has 3 rings (SSSR count). The first kappa shape index (κ1) is 15.9. The second-order valence-corrected chi connectivity index (χ2v) is 6.95. The first-order valence-electron chi connectivity index (χ1n) is 7.99. The highest BCUT2D eigenvalue weighted by atomic mass is 32.2. The van der Waals surface area contributed by atoms with Gasteiger partial charge in [0.1, 0.15) is 0 Å². The monoisotopic (exact) mass is 329 g/mol. The van der Waals surface area contributed by atoms with Crippen molar-refractivity contribution in [3.05, 3.63) is 48.5 Å². The molecule has 1 unspecified atom stereocenters. The summed E-state index contributed by atoms with van der Waals surface area (Å²) in [6, 6.07) is 8.33. The summed E-state index contributed by atoms with van der Waals surface area (Å²) in [6.07, 6.45) is 8.22. The van der Waals surface area contributed by atoms with Crippen molar-refractivity contribution in [3.63, 3.8) is 0 Å². The van der Waals surface area contributed by atoms with E-state index in [1.807, 2.05) is 30.2 Å². The Morgan fingerprint density at radius 2 is 2.30 bits per heavy atom. The Kier molecular flexibility index (Phi) is 5.58. The van der Waals surface area contributed by atoms with E-state index in [1.54, 1.807) is 6.20 Å². The number of imidazole rings is 1. The van der Waals surface area contributed by atoms with Crippen LogP contribution in [0.2, 0.25) is 0 Å². The van der Waals surface area contributed by atoms with Crippen LogP contribution in [-0.2, 0) is 6.54 Å². The number of hydrogen-bond donors (Lipinski definition) is 2. The molecule has 5 nitrogen and oxygen atoms in total. The second kappa shape index (κ2) is 8.06. The van der Waals surface area contributed by atoms with Gasteiger partial charge in [-0.25, -0.2) is 4.98 Å². The molecule has 0 spiro atoms. The van der Waals surface area contributed by atoms with Gasteiger partial charge in [0.2, 0.25) is 0 Å². The highest BCUT2D eigenvalue weighted by Gasteiger charge is 2.15. The van der Waals surface area contributed by atoms with Gasteiger partial charge < -0.3 is 15.2 Å². The summed E-state index contributed by atoms with van der Waals surface area (Å²) in [5, 5.41) is 7.56. The maximum absolute atomic E-state index is 4.32. The Morgan fingerprint density at radius 3 is 3.04 bits per heavy atom. The Hall–Kier alpha value is -1.95. The molecule has 1 fully saturated rings. The number of para-hydroxylation sites is 1. The standard InChI is InChI=1S/C17H23N5S/c1-18-17(21-12-15-6-4-10-23-15)20-11-14-5-2-3-7-16(14)22-9-8-19-13-22/h2-3,5,7-9,13,15H,4,6,10-12H2,1H3,(H2,18,20,21). The van der Waals surface area contributed by atoms with Crippen LogP contribution in [0.25, 0.3) is 5.69 Å². The van der Waals surface area contributed by atoms with Gasteiger partial charge in [0.05, 0.1) is 12.0 Å². The molecule has 0 saturated carbocycles. The Morgan fingerprint density at radius 1 is 1.39 bits per heavy atom. The van der Waals surface area contributed by atoms with Gasteiger partial charge in [-0.3, -0.25) is 4.99 Å². The molecule has 1 aromatic heterocycles. The number of thioether (sulfide) groups is 1. The molecule has 2 heterocycles. The van der Waals surface area contributed by atoms with Crippen LogP contribution in [0, 0.1) is 0 Å². The third-order valence-corrected chi connectivity index (χ3v) is 5.36. The largest absolute Gasteiger partial charge is 0.355 e. The predicted octanol–water partition coefficient (Wildman–Crippen LogP) is 2.43. The van der Waals surface area contributed by atoms with Crippen molar-refractivity contribution in [3.8, 4) is 5.69 Å². The van der Waals surface area contributed by atoms with Gasteiger partial charge in [0.15, 0.2) is 5.96 Å². The third-order valence-electron chi connectivity index (χ3n) is 3.97. The van der Waals surface area contributed by atoms with Gasteiger partial charge in [-0.2, -0.15) is 11.8 Å². The number of guanidine groups is 1. The number of rotatable bonds is 5. The SMILES string of the molecule is CN=C(NCc1ccccc1-n1ccnc1)NCC1CCCS1. The lowest BCUT2D eigenvalue weighted by molar-refractivity contribution is 0.725. The Bertz CT molecular complexity index is 632. The zero-order chi connectivity index (χ0) is 15.9. The fourth-order valence-corrected chi connectivity index (χ4v) is 3.93. The summed E-state index contributed by atoms with van der Waals surface area (Å²) in [6.45, 7) is 1.71. The fraction of sp³-hybridized carbons (Fsp3) is 0.412. The summed E-state index contributed by atoms with van der Waals surface area (Å²) >= 11 is 2.05. The highest BCUT2D eigenvalue weighted by Crippen LogP contribution is 2.25. The summed E-state index contributed by atoms with van der Waals surface area (Å²) < 4.78 is 2.03. The lowest BCUT2D eigenvalue weighted by atomic mass is 10.1. The molecule has 1 atom stereocenters. The summed E-state index contributed by atoms with van der Waals surface area (Å²) in [7, 11) is 1.82. The number of aromatic nitrogens is 2. The third kappa shape index (κ3) is 4.28. The number of nitrogens with zero attached hydrogens (tertiary/aromatic N) is 3. The van der Waals surface area contributed by atoms with E-state index < -0.39 is 0 Å². The quantitative estimate of drug-likeness (QED) is 0.653. The van der Waals surface area contributed by atoms with Crippen LogP contribution in [0.4, 0.5) is 0 Å². The lowest BCUT2D eigenvalue weighted by Gasteiger charge is -2.16. The van der Waals surface area contributed by atoms with Crippen LogP contribution in [-0.4, -0.2) is 40.1 Å². The minimum absolute atomic E-state index is 0.715. The van der Waals surface area contributed by atoms with Gasteiger partial charge in [-0.15, -0.1) is 0 Å². The molecule has 2 N–H and O–H groups in total. The fourth-order valence-electron chi connectivity index (χ4n) is 2.73. The van der Waals surface area contributed by atoms with Crippen LogP contribution >= 0.6 is 11.8 Å². The normalized spacial score (nSPS) is 18.1. The van der Waals surface area contributed by atoms with Gasteiger partial charge in [0, 0.05) is 37.8 Å². The van der Waals surface area contributed by atoms with Crippen LogP contribution in [0.15, 0.2) is 48.0 Å². The molecule has 1 saturated heterocycles. The molecule has 1 aromatic carbocycles. The molecule has 0 aliphatic carbocycles. The minimum atomic E-state index is 0.715. The Balaban J connectivity index is 1.58. The van der Waals surface area contributed by atoms with Crippen LogP contribution in [0.3, 0.4) is 0 Å². The van der Waals surface area contributed by atoms with Crippen LogP contribution in [0.1, 0.15) is 18.4 Å². The zero-order valence-corrected chi connectivity index (χ0v) is 14.2. The highest BCUT2D eigenvalue weighted by molar-refractivity contribution is 8.00. The summed E-state index contributed by atoms with van der Waals surface area (Å²) in [5.74, 6) is 2.15. The van der Waals surface area contributed by atoms with Gasteiger partial charge in [0.25, 0.3) is 0 Å². The molecule has 0 amide bonds. The molecule has 0 radical (unpaired) electrons. The average molecular weight is 329 g/mol. The predicted molar refractivity (Wildman–Crippen MR) is 97.2 cm³/mol. The molecular formula is C17H23N5S. The van der Waals surface area contributed by atoms with Crippen molar-refractivity contribution < 1.29 is 0 Å². The second-order valence-electron chi connectivity index (χ2n) is 5.54. The number of hydrogen-bond acceptors (Lipinski definition) is 3. The maximum Gasteiger partial charge on any atom is 0.191 e. The average Bonchev–Trinajstić information content (AvgIpc) is 3.29. The van der Waals surface area contributed by atoms with E-state index >= 15 is 0 Å². The first-order chi connectivity index (χ1) is 11.4. The topological polar surface area (TPSA) is 54.2 Å². The van der Waals surface area contributed by atoms with E-state index in [-0.39, 0.29) is 0 Å². The van der Waals surface area contributed by atoms with Gasteiger partial charge in [-0.1, -0.05) is 18.2 Å². The Labute approximate surface area is 141 Å². The van der Waals surface area contributed by atoms with Crippen molar-refractivity contribution in [2.45, 2.75) is 24.6 Å².